The zero-order valence-electron chi connectivity index (χ0n) is 21.9. The van der Waals surface area contributed by atoms with Gasteiger partial charge < -0.3 is 24.4 Å². The molecule has 0 saturated heterocycles. The van der Waals surface area contributed by atoms with E-state index in [1.54, 1.807) is 14.2 Å². The largest absolute Gasteiger partial charge is 0.457 e. The summed E-state index contributed by atoms with van der Waals surface area (Å²) in [5.41, 5.74) is 2.47. The lowest BCUT2D eigenvalue weighted by Gasteiger charge is -2.35. The molecule has 6 heteroatoms. The monoisotopic (exact) mass is 476 g/mol. The Morgan fingerprint density at radius 1 is 1.26 bits per heavy atom. The lowest BCUT2D eigenvalue weighted by Crippen LogP contribution is -2.39. The van der Waals surface area contributed by atoms with Crippen molar-refractivity contribution in [3.05, 3.63) is 47.0 Å². The number of ether oxygens (including phenoxy) is 3. The molecule has 2 rings (SSSR count). The summed E-state index contributed by atoms with van der Waals surface area (Å²) in [7, 11) is 3.24. The quantitative estimate of drug-likeness (QED) is 0.473. The van der Waals surface area contributed by atoms with E-state index in [0.29, 0.717) is 19.3 Å². The molecule has 192 valence electrons. The highest BCUT2D eigenvalue weighted by Crippen LogP contribution is 2.33. The Hall–Kier alpha value is -1.73. The third-order valence-corrected chi connectivity index (χ3v) is 7.49. The summed E-state index contributed by atoms with van der Waals surface area (Å²) >= 11 is 0. The van der Waals surface area contributed by atoms with Crippen molar-refractivity contribution >= 4 is 5.97 Å². The van der Waals surface area contributed by atoms with Crippen LogP contribution in [-0.2, 0) is 30.8 Å². The van der Waals surface area contributed by atoms with Gasteiger partial charge >= 0.3 is 5.97 Å². The zero-order chi connectivity index (χ0) is 25.5. The fourth-order valence-electron chi connectivity index (χ4n) is 4.56. The summed E-state index contributed by atoms with van der Waals surface area (Å²) in [6, 6.07) is 8.14. The number of methoxy groups -OCH3 is 2. The Kier molecular flexibility index (Phi) is 10.8. The predicted octanol–water partition coefficient (Wildman–Crippen LogP) is 4.20. The number of fused-ring (bicyclic) bond motifs is 2. The van der Waals surface area contributed by atoms with Gasteiger partial charge in [-0.2, -0.15) is 0 Å². The van der Waals surface area contributed by atoms with Gasteiger partial charge in [-0.1, -0.05) is 51.1 Å². The van der Waals surface area contributed by atoms with Gasteiger partial charge in [0.05, 0.1) is 24.2 Å². The van der Waals surface area contributed by atoms with E-state index < -0.39 is 23.5 Å². The topological polar surface area (TPSA) is 85.2 Å². The van der Waals surface area contributed by atoms with Gasteiger partial charge in [-0.25, -0.2) is 0 Å². The summed E-state index contributed by atoms with van der Waals surface area (Å²) < 4.78 is 17.5. The number of rotatable bonds is 6. The first-order valence-electron chi connectivity index (χ1n) is 12.4. The fourth-order valence-corrected chi connectivity index (χ4v) is 4.56. The number of aliphatic hydroxyl groups is 2. The molecule has 0 amide bonds. The maximum absolute atomic E-state index is 13.2. The van der Waals surface area contributed by atoms with E-state index in [4.69, 9.17) is 14.2 Å². The minimum absolute atomic E-state index is 0.00787. The minimum atomic E-state index is -0.658. The first-order chi connectivity index (χ1) is 16.1. The van der Waals surface area contributed by atoms with Crippen LogP contribution in [0, 0.1) is 11.8 Å². The second kappa shape index (κ2) is 12.8. The number of carbonyl (C=O) groups is 1. The standard InChI is InChI=1S/C28H44O6/c1-8-20(17-29)12-18(2)24-15-23(32-6)16-26(30)28(4,5)22-11-9-10-21(13-22)14-25(33-7)19(3)27(31)34-24/h9-13,19-20,23-26,29-30H,8,14-17H2,1-7H3/b18-12-/t19-,20+,23+,24-,25+,26-/m0/s1. The molecular formula is C28H44O6. The molecule has 1 heterocycles. The number of cyclic esters (lactones) is 1. The van der Waals surface area contributed by atoms with Gasteiger partial charge in [0.15, 0.2) is 0 Å². The molecule has 0 aromatic heterocycles. The van der Waals surface area contributed by atoms with Crippen molar-refractivity contribution in [2.45, 2.75) is 90.1 Å². The molecule has 0 aliphatic carbocycles. The van der Waals surface area contributed by atoms with Crippen molar-refractivity contribution in [3.63, 3.8) is 0 Å². The third-order valence-electron chi connectivity index (χ3n) is 7.49. The van der Waals surface area contributed by atoms with E-state index in [-0.39, 0.29) is 30.7 Å². The maximum atomic E-state index is 13.2. The molecule has 6 atom stereocenters. The second-order valence-electron chi connectivity index (χ2n) is 10.2. The van der Waals surface area contributed by atoms with Gasteiger partial charge in [-0.15, -0.1) is 0 Å². The number of esters is 1. The molecular weight excluding hydrogens is 432 g/mol. The van der Waals surface area contributed by atoms with Crippen LogP contribution in [0.3, 0.4) is 0 Å². The molecule has 0 saturated carbocycles. The van der Waals surface area contributed by atoms with Crippen molar-refractivity contribution in [3.8, 4) is 0 Å². The maximum Gasteiger partial charge on any atom is 0.311 e. The van der Waals surface area contributed by atoms with Crippen LogP contribution in [0.2, 0.25) is 0 Å². The van der Waals surface area contributed by atoms with Gasteiger partial charge in [0.1, 0.15) is 6.10 Å². The van der Waals surface area contributed by atoms with E-state index >= 15 is 0 Å². The molecule has 2 N–H and O–H groups in total. The molecule has 0 radical (unpaired) electrons. The number of aliphatic hydroxyl groups excluding tert-OH is 2. The molecule has 1 aliphatic rings. The van der Waals surface area contributed by atoms with Crippen LogP contribution in [0.15, 0.2) is 35.9 Å². The number of carbonyl (C=O) groups excluding carboxylic acids is 1. The highest BCUT2D eigenvalue weighted by atomic mass is 16.6. The van der Waals surface area contributed by atoms with Gasteiger partial charge in [-0.3, -0.25) is 4.79 Å². The summed E-state index contributed by atoms with van der Waals surface area (Å²) in [6.07, 6.45) is 2.32. The Morgan fingerprint density at radius 2 is 1.97 bits per heavy atom. The van der Waals surface area contributed by atoms with Crippen LogP contribution in [0.1, 0.15) is 65.0 Å². The molecule has 34 heavy (non-hydrogen) atoms. The highest BCUT2D eigenvalue weighted by molar-refractivity contribution is 5.73. The van der Waals surface area contributed by atoms with Crippen LogP contribution < -0.4 is 0 Å². The smallest absolute Gasteiger partial charge is 0.311 e. The Labute approximate surface area is 205 Å². The van der Waals surface area contributed by atoms with Crippen molar-refractivity contribution < 1.29 is 29.2 Å². The highest BCUT2D eigenvalue weighted by Gasteiger charge is 2.35. The van der Waals surface area contributed by atoms with Crippen molar-refractivity contribution in [1.82, 2.24) is 0 Å². The predicted molar refractivity (Wildman–Crippen MR) is 134 cm³/mol. The minimum Gasteiger partial charge on any atom is -0.457 e. The van der Waals surface area contributed by atoms with Gasteiger partial charge in [0.2, 0.25) is 0 Å². The lowest BCUT2D eigenvalue weighted by atomic mass is 9.76. The van der Waals surface area contributed by atoms with Crippen LogP contribution >= 0.6 is 0 Å². The van der Waals surface area contributed by atoms with Crippen LogP contribution in [0.4, 0.5) is 0 Å². The second-order valence-corrected chi connectivity index (χ2v) is 10.2. The van der Waals surface area contributed by atoms with Gasteiger partial charge in [0.25, 0.3) is 0 Å². The van der Waals surface area contributed by atoms with Crippen molar-refractivity contribution in [1.29, 1.82) is 0 Å². The molecule has 2 bridgehead atoms. The zero-order valence-corrected chi connectivity index (χ0v) is 21.9. The van der Waals surface area contributed by atoms with Crippen molar-refractivity contribution in [2.75, 3.05) is 20.8 Å². The number of hydrogen-bond acceptors (Lipinski definition) is 6. The SMILES string of the molecule is CC[C@H](/C=C(/C)[C@@H]1C[C@@H](OC)C[C@H](O)C(C)(C)c2cccc(c2)C[C@@H](OC)[C@H](C)C(=O)O1)CO. The van der Waals surface area contributed by atoms with Gasteiger partial charge in [-0.05, 0) is 43.4 Å². The summed E-state index contributed by atoms with van der Waals surface area (Å²) in [4.78, 5) is 13.2. The summed E-state index contributed by atoms with van der Waals surface area (Å²) in [5, 5.41) is 20.9. The van der Waals surface area contributed by atoms with E-state index in [0.717, 1.165) is 23.1 Å². The molecule has 1 aromatic rings. The van der Waals surface area contributed by atoms with E-state index in [9.17, 15) is 15.0 Å². The van der Waals surface area contributed by atoms with E-state index in [1.807, 2.05) is 58.9 Å². The van der Waals surface area contributed by atoms with Gasteiger partial charge in [0, 0.05) is 45.0 Å². The summed E-state index contributed by atoms with van der Waals surface area (Å²) in [5.74, 6) is -0.802. The first kappa shape index (κ1) is 28.5. The first-order valence-corrected chi connectivity index (χ1v) is 12.4. The normalized spacial score (nSPS) is 29.7. The molecule has 6 nitrogen and oxygen atoms in total. The Morgan fingerprint density at radius 3 is 2.56 bits per heavy atom. The third kappa shape index (κ3) is 7.14. The van der Waals surface area contributed by atoms with Crippen LogP contribution in [-0.4, -0.2) is 61.4 Å². The average Bonchev–Trinajstić information content (AvgIpc) is 2.83. The van der Waals surface area contributed by atoms with E-state index in [1.165, 1.54) is 0 Å². The molecule has 0 spiro atoms. The van der Waals surface area contributed by atoms with E-state index in [2.05, 4.69) is 6.07 Å². The molecule has 0 unspecified atom stereocenters. The Bertz CT molecular complexity index is 813. The molecule has 1 aromatic carbocycles. The Balaban J connectivity index is 2.50. The average molecular weight is 477 g/mol. The summed E-state index contributed by atoms with van der Waals surface area (Å²) in [6.45, 7) is 9.90. The lowest BCUT2D eigenvalue weighted by molar-refractivity contribution is -0.158. The number of benzene rings is 1. The molecule has 1 aliphatic heterocycles. The van der Waals surface area contributed by atoms with Crippen LogP contribution in [0.5, 0.6) is 0 Å². The number of hydrogen-bond donors (Lipinski definition) is 2. The molecule has 0 fully saturated rings. The van der Waals surface area contributed by atoms with Crippen LogP contribution in [0.25, 0.3) is 0 Å². The fraction of sp³-hybridized carbons (Fsp3) is 0.679. The van der Waals surface area contributed by atoms with Crippen molar-refractivity contribution in [2.24, 2.45) is 11.8 Å².